The Bertz CT molecular complexity index is 493. The number of hydrogen-bond acceptors (Lipinski definition) is 3. The minimum atomic E-state index is -3.21. The van der Waals surface area contributed by atoms with Crippen LogP contribution in [-0.4, -0.2) is 30.0 Å². The molecule has 1 aromatic rings. The second-order valence-corrected chi connectivity index (χ2v) is 8.00. The molecule has 2 rings (SSSR count). The van der Waals surface area contributed by atoms with Crippen molar-refractivity contribution in [3.63, 3.8) is 0 Å². The molecule has 19 heavy (non-hydrogen) atoms. The summed E-state index contributed by atoms with van der Waals surface area (Å²) in [7, 11) is -3.21. The van der Waals surface area contributed by atoms with Gasteiger partial charge in [0.2, 0.25) is 10.0 Å². The number of rotatable bonds is 5. The van der Waals surface area contributed by atoms with Crippen LogP contribution in [0.4, 0.5) is 0 Å². The van der Waals surface area contributed by atoms with E-state index in [0.29, 0.717) is 6.42 Å². The number of aromatic nitrogens is 1. The standard InChI is InChI=1S/C13H19BrN2O2S/c14-12-3-1-2-4-13(12)16-19(17,18)10-7-11-5-8-15-9-6-11/h5-6,8-9,12-13,16H,1-4,7,10H2. The van der Waals surface area contributed by atoms with Crippen molar-refractivity contribution in [2.24, 2.45) is 0 Å². The highest BCUT2D eigenvalue weighted by Crippen LogP contribution is 2.25. The summed E-state index contributed by atoms with van der Waals surface area (Å²) in [6.07, 6.45) is 8.13. The Kier molecular flexibility index (Phi) is 5.36. The summed E-state index contributed by atoms with van der Waals surface area (Å²) in [5, 5.41) is 0. The van der Waals surface area contributed by atoms with E-state index in [1.165, 1.54) is 6.42 Å². The molecule has 0 spiro atoms. The number of alkyl halides is 1. The minimum Gasteiger partial charge on any atom is -0.265 e. The Morgan fingerprint density at radius 1 is 1.26 bits per heavy atom. The van der Waals surface area contributed by atoms with Gasteiger partial charge in [-0.25, -0.2) is 13.1 Å². The molecule has 1 saturated carbocycles. The molecular formula is C13H19BrN2O2S. The number of hydrogen-bond donors (Lipinski definition) is 1. The fourth-order valence-electron chi connectivity index (χ4n) is 2.31. The van der Waals surface area contributed by atoms with Crippen molar-refractivity contribution in [3.8, 4) is 0 Å². The van der Waals surface area contributed by atoms with Gasteiger partial charge in [0.1, 0.15) is 0 Å². The van der Waals surface area contributed by atoms with Crippen LogP contribution in [0.1, 0.15) is 31.2 Å². The monoisotopic (exact) mass is 346 g/mol. The summed E-state index contributed by atoms with van der Waals surface area (Å²) in [6, 6.07) is 3.74. The van der Waals surface area contributed by atoms with Gasteiger partial charge in [0, 0.05) is 23.3 Å². The van der Waals surface area contributed by atoms with Gasteiger partial charge in [-0.2, -0.15) is 0 Å². The van der Waals surface area contributed by atoms with E-state index in [0.717, 1.165) is 24.8 Å². The van der Waals surface area contributed by atoms with E-state index in [1.807, 2.05) is 12.1 Å². The van der Waals surface area contributed by atoms with E-state index in [9.17, 15) is 8.42 Å². The zero-order chi connectivity index (χ0) is 13.7. The van der Waals surface area contributed by atoms with Crippen molar-refractivity contribution in [2.45, 2.75) is 43.0 Å². The Balaban J connectivity index is 1.88. The second kappa shape index (κ2) is 6.81. The molecule has 1 heterocycles. The first-order chi connectivity index (χ1) is 9.07. The van der Waals surface area contributed by atoms with Crippen molar-refractivity contribution in [1.29, 1.82) is 0 Å². The molecule has 0 amide bonds. The highest BCUT2D eigenvalue weighted by molar-refractivity contribution is 9.09. The van der Waals surface area contributed by atoms with E-state index < -0.39 is 10.0 Å². The van der Waals surface area contributed by atoms with E-state index in [-0.39, 0.29) is 16.6 Å². The summed E-state index contributed by atoms with van der Waals surface area (Å²) in [6.45, 7) is 0. The summed E-state index contributed by atoms with van der Waals surface area (Å²) in [5.74, 6) is 0.132. The van der Waals surface area contributed by atoms with Gasteiger partial charge in [0.25, 0.3) is 0 Å². The third-order valence-electron chi connectivity index (χ3n) is 3.42. The van der Waals surface area contributed by atoms with Crippen molar-refractivity contribution in [2.75, 3.05) is 5.75 Å². The van der Waals surface area contributed by atoms with Gasteiger partial charge in [0.05, 0.1) is 5.75 Å². The lowest BCUT2D eigenvalue weighted by molar-refractivity contribution is 0.427. The van der Waals surface area contributed by atoms with Crippen molar-refractivity contribution in [1.82, 2.24) is 9.71 Å². The zero-order valence-corrected chi connectivity index (χ0v) is 13.2. The highest BCUT2D eigenvalue weighted by Gasteiger charge is 2.26. The van der Waals surface area contributed by atoms with Crippen LogP contribution in [0.5, 0.6) is 0 Å². The first kappa shape index (κ1) is 14.9. The molecule has 1 fully saturated rings. The van der Waals surface area contributed by atoms with Crippen LogP contribution in [-0.2, 0) is 16.4 Å². The molecule has 0 aliphatic heterocycles. The van der Waals surface area contributed by atoms with Crippen LogP contribution in [0, 0.1) is 0 Å². The first-order valence-electron chi connectivity index (χ1n) is 6.60. The number of pyridine rings is 1. The summed E-state index contributed by atoms with van der Waals surface area (Å²) in [5.41, 5.74) is 0.999. The average Bonchev–Trinajstić information content (AvgIpc) is 2.40. The number of aryl methyl sites for hydroxylation is 1. The Morgan fingerprint density at radius 3 is 2.63 bits per heavy atom. The van der Waals surface area contributed by atoms with Gasteiger partial charge in [-0.3, -0.25) is 4.98 Å². The van der Waals surface area contributed by atoms with Crippen molar-refractivity contribution >= 4 is 26.0 Å². The van der Waals surface area contributed by atoms with Crippen LogP contribution in [0.15, 0.2) is 24.5 Å². The predicted molar refractivity (Wildman–Crippen MR) is 79.8 cm³/mol. The molecular weight excluding hydrogens is 328 g/mol. The van der Waals surface area contributed by atoms with E-state index >= 15 is 0 Å². The molecule has 1 aromatic heterocycles. The molecule has 6 heteroatoms. The number of nitrogens with one attached hydrogen (secondary N) is 1. The van der Waals surface area contributed by atoms with E-state index in [1.54, 1.807) is 12.4 Å². The molecule has 2 atom stereocenters. The second-order valence-electron chi connectivity index (χ2n) is 4.95. The summed E-state index contributed by atoms with van der Waals surface area (Å²) >= 11 is 3.57. The van der Waals surface area contributed by atoms with Gasteiger partial charge in [-0.05, 0) is 37.0 Å². The first-order valence-corrected chi connectivity index (χ1v) is 9.16. The lowest BCUT2D eigenvalue weighted by Gasteiger charge is -2.27. The Morgan fingerprint density at radius 2 is 1.95 bits per heavy atom. The molecule has 0 radical (unpaired) electrons. The van der Waals surface area contributed by atoms with Crippen LogP contribution in [0.2, 0.25) is 0 Å². The SMILES string of the molecule is O=S(=O)(CCc1ccncc1)NC1CCCCC1Br. The Labute approximate surface area is 123 Å². The van der Waals surface area contributed by atoms with Crippen LogP contribution in [0.25, 0.3) is 0 Å². The van der Waals surface area contributed by atoms with Crippen LogP contribution >= 0.6 is 15.9 Å². The number of nitrogens with zero attached hydrogens (tertiary/aromatic N) is 1. The predicted octanol–water partition coefficient (Wildman–Crippen LogP) is 2.25. The third kappa shape index (κ3) is 4.85. The van der Waals surface area contributed by atoms with Gasteiger partial charge in [-0.15, -0.1) is 0 Å². The number of sulfonamides is 1. The van der Waals surface area contributed by atoms with Crippen molar-refractivity contribution < 1.29 is 8.42 Å². The molecule has 0 bridgehead atoms. The molecule has 0 aromatic carbocycles. The largest absolute Gasteiger partial charge is 0.265 e. The van der Waals surface area contributed by atoms with E-state index in [4.69, 9.17) is 0 Å². The molecule has 2 unspecified atom stereocenters. The maximum absolute atomic E-state index is 12.1. The highest BCUT2D eigenvalue weighted by atomic mass is 79.9. The minimum absolute atomic E-state index is 0.0381. The van der Waals surface area contributed by atoms with Gasteiger partial charge in [-0.1, -0.05) is 28.8 Å². The van der Waals surface area contributed by atoms with E-state index in [2.05, 4.69) is 25.6 Å². The summed E-state index contributed by atoms with van der Waals surface area (Å²) < 4.78 is 27.0. The van der Waals surface area contributed by atoms with Gasteiger partial charge < -0.3 is 0 Å². The molecule has 1 aliphatic carbocycles. The molecule has 4 nitrogen and oxygen atoms in total. The Hall–Kier alpha value is -0.460. The fourth-order valence-corrected chi connectivity index (χ4v) is 4.57. The quantitative estimate of drug-likeness (QED) is 0.831. The molecule has 1 N–H and O–H groups in total. The smallest absolute Gasteiger partial charge is 0.212 e. The van der Waals surface area contributed by atoms with Gasteiger partial charge >= 0.3 is 0 Å². The average molecular weight is 347 g/mol. The van der Waals surface area contributed by atoms with Crippen molar-refractivity contribution in [3.05, 3.63) is 30.1 Å². The number of halogens is 1. The van der Waals surface area contributed by atoms with Crippen LogP contribution < -0.4 is 4.72 Å². The lowest BCUT2D eigenvalue weighted by atomic mass is 9.96. The topological polar surface area (TPSA) is 59.1 Å². The zero-order valence-electron chi connectivity index (χ0n) is 10.8. The molecule has 106 valence electrons. The molecule has 1 aliphatic rings. The third-order valence-corrected chi connectivity index (χ3v) is 5.92. The maximum atomic E-state index is 12.1. The van der Waals surface area contributed by atoms with Gasteiger partial charge in [0.15, 0.2) is 0 Å². The normalized spacial score (nSPS) is 24.3. The lowest BCUT2D eigenvalue weighted by Crippen LogP contribution is -2.43. The fraction of sp³-hybridized carbons (Fsp3) is 0.615. The molecule has 0 saturated heterocycles. The van der Waals surface area contributed by atoms with Crippen LogP contribution in [0.3, 0.4) is 0 Å². The summed E-state index contributed by atoms with van der Waals surface area (Å²) in [4.78, 5) is 4.18. The maximum Gasteiger partial charge on any atom is 0.212 e.